The third-order valence-corrected chi connectivity index (χ3v) is 4.83. The zero-order valence-corrected chi connectivity index (χ0v) is 13.1. The number of carbonyl (C=O) groups is 2. The van der Waals surface area contributed by atoms with Gasteiger partial charge in [0.05, 0.1) is 6.04 Å². The second-order valence-corrected chi connectivity index (χ2v) is 6.28. The molecule has 21 heavy (non-hydrogen) atoms. The van der Waals surface area contributed by atoms with Crippen molar-refractivity contribution in [3.8, 4) is 12.3 Å². The van der Waals surface area contributed by atoms with Gasteiger partial charge in [-0.3, -0.25) is 9.59 Å². The average molecular weight is 290 g/mol. The van der Waals surface area contributed by atoms with E-state index in [0.29, 0.717) is 0 Å². The molecule has 1 aliphatic carbocycles. The first kappa shape index (κ1) is 15.9. The lowest BCUT2D eigenvalue weighted by atomic mass is 9.82. The molecule has 0 aromatic heterocycles. The molecule has 1 N–H and O–H groups in total. The molecule has 1 heterocycles. The van der Waals surface area contributed by atoms with Crippen LogP contribution < -0.4 is 5.32 Å². The van der Waals surface area contributed by atoms with E-state index in [-0.39, 0.29) is 29.8 Å². The maximum absolute atomic E-state index is 12.9. The van der Waals surface area contributed by atoms with E-state index < -0.39 is 6.04 Å². The minimum absolute atomic E-state index is 0.0189. The highest BCUT2D eigenvalue weighted by atomic mass is 16.2. The lowest BCUT2D eigenvalue weighted by Crippen LogP contribution is -2.66. The molecule has 2 rings (SSSR count). The van der Waals surface area contributed by atoms with Crippen molar-refractivity contribution in [2.24, 2.45) is 5.92 Å². The normalized spacial score (nSPS) is 28.9. The van der Waals surface area contributed by atoms with E-state index in [4.69, 9.17) is 6.42 Å². The fourth-order valence-electron chi connectivity index (χ4n) is 3.60. The summed E-state index contributed by atoms with van der Waals surface area (Å²) in [6.45, 7) is 3.81. The zero-order valence-electron chi connectivity index (χ0n) is 13.1. The van der Waals surface area contributed by atoms with Gasteiger partial charge < -0.3 is 10.2 Å². The predicted molar refractivity (Wildman–Crippen MR) is 82.3 cm³/mol. The van der Waals surface area contributed by atoms with Crippen molar-refractivity contribution in [3.63, 3.8) is 0 Å². The smallest absolute Gasteiger partial charge is 0.247 e. The molecule has 1 saturated heterocycles. The van der Waals surface area contributed by atoms with Gasteiger partial charge in [-0.05, 0) is 32.1 Å². The minimum atomic E-state index is -0.468. The SMILES string of the molecule is C#CC(CCC)N1C(=O)C(C2CCCCC2)NC(=O)C1C. The Labute approximate surface area is 127 Å². The topological polar surface area (TPSA) is 49.4 Å². The summed E-state index contributed by atoms with van der Waals surface area (Å²) in [5.41, 5.74) is 0. The Kier molecular flexibility index (Phi) is 5.27. The molecule has 1 saturated carbocycles. The first-order valence-corrected chi connectivity index (χ1v) is 8.18. The molecule has 0 aromatic carbocycles. The van der Waals surface area contributed by atoms with Crippen LogP contribution in [0.5, 0.6) is 0 Å². The van der Waals surface area contributed by atoms with Crippen molar-refractivity contribution in [3.05, 3.63) is 0 Å². The summed E-state index contributed by atoms with van der Waals surface area (Å²) in [4.78, 5) is 26.8. The summed E-state index contributed by atoms with van der Waals surface area (Å²) in [7, 11) is 0. The number of terminal acetylenes is 1. The van der Waals surface area contributed by atoms with Gasteiger partial charge in [0.2, 0.25) is 11.8 Å². The number of rotatable bonds is 4. The summed E-state index contributed by atoms with van der Waals surface area (Å²) in [6.07, 6.45) is 12.8. The molecular weight excluding hydrogens is 264 g/mol. The van der Waals surface area contributed by atoms with Crippen LogP contribution in [-0.2, 0) is 9.59 Å². The highest BCUT2D eigenvalue weighted by Gasteiger charge is 2.44. The standard InChI is InChI=1S/C17H26N2O2/c1-4-9-14(5-2)19-12(3)16(20)18-15(17(19)21)13-10-7-6-8-11-13/h2,12-15H,4,6-11H2,1,3H3,(H,18,20). The van der Waals surface area contributed by atoms with Crippen LogP contribution >= 0.6 is 0 Å². The van der Waals surface area contributed by atoms with Crippen LogP contribution in [0.2, 0.25) is 0 Å². The third-order valence-electron chi connectivity index (χ3n) is 4.83. The van der Waals surface area contributed by atoms with Crippen molar-refractivity contribution in [2.75, 3.05) is 0 Å². The van der Waals surface area contributed by atoms with Crippen LogP contribution in [-0.4, -0.2) is 34.8 Å². The van der Waals surface area contributed by atoms with Gasteiger partial charge in [-0.15, -0.1) is 6.42 Å². The molecule has 4 nitrogen and oxygen atoms in total. The van der Waals surface area contributed by atoms with Crippen molar-refractivity contribution in [2.45, 2.75) is 76.9 Å². The number of amides is 2. The fraction of sp³-hybridized carbons (Fsp3) is 0.765. The monoisotopic (exact) mass is 290 g/mol. The summed E-state index contributed by atoms with van der Waals surface area (Å²) in [5.74, 6) is 2.92. The minimum Gasteiger partial charge on any atom is -0.342 e. The number of nitrogens with zero attached hydrogens (tertiary/aromatic N) is 1. The van der Waals surface area contributed by atoms with E-state index in [1.54, 1.807) is 11.8 Å². The molecule has 2 aliphatic rings. The summed E-state index contributed by atoms with van der Waals surface area (Å²) >= 11 is 0. The fourth-order valence-corrected chi connectivity index (χ4v) is 3.60. The lowest BCUT2D eigenvalue weighted by molar-refractivity contribution is -0.152. The van der Waals surface area contributed by atoms with Crippen molar-refractivity contribution >= 4 is 11.8 Å². The molecule has 0 spiro atoms. The number of hydrogen-bond donors (Lipinski definition) is 1. The Balaban J connectivity index is 2.20. The molecule has 3 atom stereocenters. The van der Waals surface area contributed by atoms with E-state index in [0.717, 1.165) is 38.5 Å². The number of nitrogens with one attached hydrogen (secondary N) is 1. The number of hydrogen-bond acceptors (Lipinski definition) is 2. The van der Waals surface area contributed by atoms with Crippen LogP contribution in [0.3, 0.4) is 0 Å². The second kappa shape index (κ2) is 6.98. The molecule has 3 unspecified atom stereocenters. The van der Waals surface area contributed by atoms with Gasteiger partial charge in [-0.2, -0.15) is 0 Å². The van der Waals surface area contributed by atoms with Gasteiger partial charge in [0.15, 0.2) is 0 Å². The van der Waals surface area contributed by atoms with Crippen LogP contribution in [0.25, 0.3) is 0 Å². The van der Waals surface area contributed by atoms with E-state index in [1.165, 1.54) is 6.42 Å². The van der Waals surface area contributed by atoms with Crippen LogP contribution in [0.15, 0.2) is 0 Å². The van der Waals surface area contributed by atoms with E-state index >= 15 is 0 Å². The Hall–Kier alpha value is -1.50. The average Bonchev–Trinajstić information content (AvgIpc) is 2.51. The van der Waals surface area contributed by atoms with Crippen molar-refractivity contribution in [1.82, 2.24) is 10.2 Å². The highest BCUT2D eigenvalue weighted by molar-refractivity contribution is 5.97. The molecule has 2 fully saturated rings. The van der Waals surface area contributed by atoms with Gasteiger partial charge in [-0.25, -0.2) is 0 Å². The molecule has 0 aromatic rings. The first-order valence-electron chi connectivity index (χ1n) is 8.18. The van der Waals surface area contributed by atoms with E-state index in [1.807, 2.05) is 6.92 Å². The molecule has 116 valence electrons. The van der Waals surface area contributed by atoms with Crippen LogP contribution in [0.1, 0.15) is 58.8 Å². The van der Waals surface area contributed by atoms with Gasteiger partial charge in [-0.1, -0.05) is 38.5 Å². The van der Waals surface area contributed by atoms with Crippen LogP contribution in [0, 0.1) is 18.3 Å². The third kappa shape index (κ3) is 3.23. The lowest BCUT2D eigenvalue weighted by Gasteiger charge is -2.43. The Bertz CT molecular complexity index is 435. The molecule has 4 heteroatoms. The number of piperazine rings is 1. The van der Waals surface area contributed by atoms with Gasteiger partial charge >= 0.3 is 0 Å². The van der Waals surface area contributed by atoms with Gasteiger partial charge in [0, 0.05) is 0 Å². The molecular formula is C17H26N2O2. The second-order valence-electron chi connectivity index (χ2n) is 6.28. The summed E-state index contributed by atoms with van der Waals surface area (Å²) in [6, 6.07) is -1.11. The van der Waals surface area contributed by atoms with Gasteiger partial charge in [0.25, 0.3) is 0 Å². The molecule has 0 bridgehead atoms. The Morgan fingerprint density at radius 2 is 2.00 bits per heavy atom. The quantitative estimate of drug-likeness (QED) is 0.806. The van der Waals surface area contributed by atoms with Crippen molar-refractivity contribution < 1.29 is 9.59 Å². The first-order chi connectivity index (χ1) is 10.1. The maximum Gasteiger partial charge on any atom is 0.247 e. The van der Waals surface area contributed by atoms with Crippen molar-refractivity contribution in [1.29, 1.82) is 0 Å². The van der Waals surface area contributed by atoms with E-state index in [9.17, 15) is 9.59 Å². The predicted octanol–water partition coefficient (Wildman–Crippen LogP) is 2.08. The van der Waals surface area contributed by atoms with E-state index in [2.05, 4.69) is 11.2 Å². The maximum atomic E-state index is 12.9. The number of carbonyl (C=O) groups excluding carboxylic acids is 2. The van der Waals surface area contributed by atoms with Gasteiger partial charge in [0.1, 0.15) is 12.1 Å². The zero-order chi connectivity index (χ0) is 15.4. The van der Waals surface area contributed by atoms with Crippen LogP contribution in [0.4, 0.5) is 0 Å². The largest absolute Gasteiger partial charge is 0.342 e. The molecule has 2 amide bonds. The Morgan fingerprint density at radius 1 is 1.33 bits per heavy atom. The summed E-state index contributed by atoms with van der Waals surface area (Å²) < 4.78 is 0. The summed E-state index contributed by atoms with van der Waals surface area (Å²) in [5, 5.41) is 2.94. The Morgan fingerprint density at radius 3 is 2.57 bits per heavy atom. The highest BCUT2D eigenvalue weighted by Crippen LogP contribution is 2.30. The molecule has 0 radical (unpaired) electrons. The molecule has 1 aliphatic heterocycles.